The van der Waals surface area contributed by atoms with Gasteiger partial charge in [-0.05, 0) is 48.1 Å². The number of thioether (sulfide) groups is 1. The van der Waals surface area contributed by atoms with Crippen LogP contribution in [-0.4, -0.2) is 50.8 Å². The highest BCUT2D eigenvalue weighted by atomic mass is 32.2. The molecule has 0 saturated carbocycles. The van der Waals surface area contributed by atoms with Crippen LogP contribution in [0, 0.1) is 0 Å². The maximum Gasteiger partial charge on any atom is 0.364 e. The molecule has 5 nitrogen and oxygen atoms in total. The van der Waals surface area contributed by atoms with Crippen molar-refractivity contribution in [2.75, 3.05) is 12.3 Å². The lowest BCUT2D eigenvalue weighted by Crippen LogP contribution is -2.42. The number of carbonyl (C=O) groups excluding carboxylic acids is 1. The Kier molecular flexibility index (Phi) is 10.2. The minimum absolute atomic E-state index is 0.0118. The highest BCUT2D eigenvalue weighted by Crippen LogP contribution is 2.20. The van der Waals surface area contributed by atoms with Crippen molar-refractivity contribution < 1.29 is 19.8 Å². The number of carbonyl (C=O) groups is 2. The minimum atomic E-state index is -0.866. The lowest BCUT2D eigenvalue weighted by atomic mass is 9.98. The molecule has 0 radical (unpaired) electrons. The molecule has 2 N–H and O–H groups in total. The van der Waals surface area contributed by atoms with Gasteiger partial charge in [-0.1, -0.05) is 62.4 Å². The standard InChI is InChI=1S/C24H33NO4S/c1-18(2)20-11-9-19(10-12-20)17-22(26)14-13-21-7-6-8-23(27)25(21)15-4-3-5-16-30-24(28)29/h3-4,9-14,18,21-22,26H,5-8,15-17H2,1-2H3,(H,28,29)/t21-,22?/m1/s1. The van der Waals surface area contributed by atoms with Crippen molar-refractivity contribution in [2.45, 2.75) is 64.0 Å². The number of nitrogens with zero attached hydrogens (tertiary/aromatic N) is 1. The Labute approximate surface area is 183 Å². The molecule has 2 rings (SSSR count). The zero-order valence-electron chi connectivity index (χ0n) is 17.9. The molecule has 1 unspecified atom stereocenters. The highest BCUT2D eigenvalue weighted by Gasteiger charge is 2.25. The van der Waals surface area contributed by atoms with Crippen LogP contribution in [0.3, 0.4) is 0 Å². The third kappa shape index (κ3) is 8.36. The van der Waals surface area contributed by atoms with Gasteiger partial charge in [0.25, 0.3) is 0 Å². The number of likely N-dealkylation sites (tertiary alicyclic amines) is 1. The first kappa shape index (κ1) is 24.2. The van der Waals surface area contributed by atoms with Gasteiger partial charge in [0.05, 0.1) is 12.1 Å². The van der Waals surface area contributed by atoms with Crippen LogP contribution in [0.15, 0.2) is 48.6 Å². The Balaban J connectivity index is 1.87. The van der Waals surface area contributed by atoms with E-state index in [-0.39, 0.29) is 11.9 Å². The number of allylic oxidation sites excluding steroid dienone is 1. The van der Waals surface area contributed by atoms with Crippen LogP contribution >= 0.6 is 11.8 Å². The largest absolute Gasteiger partial charge is 0.473 e. The van der Waals surface area contributed by atoms with Gasteiger partial charge in [-0.2, -0.15) is 0 Å². The van der Waals surface area contributed by atoms with Gasteiger partial charge in [-0.15, -0.1) is 0 Å². The van der Waals surface area contributed by atoms with Crippen molar-refractivity contribution in [3.05, 3.63) is 59.7 Å². The topological polar surface area (TPSA) is 77.8 Å². The van der Waals surface area contributed by atoms with Crippen LogP contribution in [0.2, 0.25) is 0 Å². The zero-order valence-corrected chi connectivity index (χ0v) is 18.7. The second kappa shape index (κ2) is 12.6. The molecule has 30 heavy (non-hydrogen) atoms. The maximum absolute atomic E-state index is 12.4. The van der Waals surface area contributed by atoms with Crippen molar-refractivity contribution in [2.24, 2.45) is 0 Å². The first-order valence-electron chi connectivity index (χ1n) is 10.6. The van der Waals surface area contributed by atoms with Crippen LogP contribution < -0.4 is 0 Å². The minimum Gasteiger partial charge on any atom is -0.473 e. The van der Waals surface area contributed by atoms with E-state index in [1.54, 1.807) is 6.08 Å². The molecule has 1 heterocycles. The average molecular weight is 432 g/mol. The van der Waals surface area contributed by atoms with Crippen molar-refractivity contribution in [1.29, 1.82) is 0 Å². The van der Waals surface area contributed by atoms with Crippen LogP contribution in [0.25, 0.3) is 0 Å². The number of amides is 1. The maximum atomic E-state index is 12.4. The van der Waals surface area contributed by atoms with E-state index in [9.17, 15) is 14.7 Å². The third-order valence-corrected chi connectivity index (χ3v) is 5.92. The van der Waals surface area contributed by atoms with E-state index < -0.39 is 11.4 Å². The fourth-order valence-electron chi connectivity index (χ4n) is 3.51. The number of aliphatic hydroxyl groups is 1. The first-order chi connectivity index (χ1) is 14.4. The highest BCUT2D eigenvalue weighted by molar-refractivity contribution is 8.13. The summed E-state index contributed by atoms with van der Waals surface area (Å²) in [6.45, 7) is 4.83. The summed E-state index contributed by atoms with van der Waals surface area (Å²) >= 11 is 0.878. The van der Waals surface area contributed by atoms with Crippen molar-refractivity contribution >= 4 is 23.0 Å². The van der Waals surface area contributed by atoms with E-state index in [4.69, 9.17) is 5.11 Å². The molecule has 0 aliphatic carbocycles. The Hall–Kier alpha value is -2.05. The van der Waals surface area contributed by atoms with E-state index in [1.807, 2.05) is 23.1 Å². The van der Waals surface area contributed by atoms with Crippen LogP contribution in [0.4, 0.5) is 4.79 Å². The van der Waals surface area contributed by atoms with Crippen LogP contribution in [0.5, 0.6) is 0 Å². The lowest BCUT2D eigenvalue weighted by Gasteiger charge is -2.33. The van der Waals surface area contributed by atoms with Crippen LogP contribution in [-0.2, 0) is 11.2 Å². The molecule has 1 aromatic rings. The Morgan fingerprint density at radius 3 is 2.67 bits per heavy atom. The SMILES string of the molecule is CC(C)c1ccc(CC(O)C=C[C@H]2CCCC(=O)N2CC=CCCSC(=O)O)cc1. The Morgan fingerprint density at radius 2 is 2.00 bits per heavy atom. The van der Waals surface area contributed by atoms with Crippen molar-refractivity contribution in [3.8, 4) is 0 Å². The third-order valence-electron chi connectivity index (χ3n) is 5.24. The van der Waals surface area contributed by atoms with Crippen LogP contribution in [0.1, 0.15) is 56.6 Å². The molecule has 164 valence electrons. The summed E-state index contributed by atoms with van der Waals surface area (Å²) in [6, 6.07) is 8.34. The molecule has 2 atom stereocenters. The summed E-state index contributed by atoms with van der Waals surface area (Å²) in [5, 5.41) is 18.2. The number of hydrogen-bond donors (Lipinski definition) is 2. The number of rotatable bonds is 10. The van der Waals surface area contributed by atoms with E-state index in [0.717, 1.165) is 30.2 Å². The molecule has 0 bridgehead atoms. The summed E-state index contributed by atoms with van der Waals surface area (Å²) in [5.74, 6) is 1.14. The van der Waals surface area contributed by atoms with Gasteiger partial charge < -0.3 is 15.1 Å². The van der Waals surface area contributed by atoms with Gasteiger partial charge in [0.2, 0.25) is 5.91 Å². The fourth-order valence-corrected chi connectivity index (χ4v) is 3.94. The summed E-state index contributed by atoms with van der Waals surface area (Å²) < 4.78 is 0. The number of benzene rings is 1. The van der Waals surface area contributed by atoms with Gasteiger partial charge >= 0.3 is 5.30 Å². The predicted molar refractivity (Wildman–Crippen MR) is 123 cm³/mol. The van der Waals surface area contributed by atoms with Gasteiger partial charge in [-0.3, -0.25) is 4.79 Å². The zero-order chi connectivity index (χ0) is 21.9. The first-order valence-corrected chi connectivity index (χ1v) is 11.6. The molecule has 1 saturated heterocycles. The van der Waals surface area contributed by atoms with Crippen molar-refractivity contribution in [3.63, 3.8) is 0 Å². The average Bonchev–Trinajstić information content (AvgIpc) is 2.70. The molecule has 6 heteroatoms. The molecule has 1 amide bonds. The second-order valence-electron chi connectivity index (χ2n) is 7.93. The molecule has 0 aromatic heterocycles. The van der Waals surface area contributed by atoms with Gasteiger partial charge in [0.1, 0.15) is 0 Å². The predicted octanol–water partition coefficient (Wildman–Crippen LogP) is 5.01. The molecule has 1 fully saturated rings. The summed E-state index contributed by atoms with van der Waals surface area (Å²) in [6.07, 6.45) is 10.5. The summed E-state index contributed by atoms with van der Waals surface area (Å²) in [7, 11) is 0. The molecular weight excluding hydrogens is 398 g/mol. The van der Waals surface area contributed by atoms with Crippen molar-refractivity contribution in [1.82, 2.24) is 4.90 Å². The number of hydrogen-bond acceptors (Lipinski definition) is 4. The van der Waals surface area contributed by atoms with E-state index >= 15 is 0 Å². The van der Waals surface area contributed by atoms with Gasteiger partial charge in [0.15, 0.2) is 0 Å². The molecular formula is C24H33NO4S. The van der Waals surface area contributed by atoms with Gasteiger partial charge in [-0.25, -0.2) is 4.79 Å². The monoisotopic (exact) mass is 431 g/mol. The number of aliphatic hydroxyl groups excluding tert-OH is 1. The molecule has 1 aliphatic heterocycles. The van der Waals surface area contributed by atoms with E-state index in [1.165, 1.54) is 5.56 Å². The van der Waals surface area contributed by atoms with E-state index in [2.05, 4.69) is 38.1 Å². The smallest absolute Gasteiger partial charge is 0.364 e. The lowest BCUT2D eigenvalue weighted by molar-refractivity contribution is -0.134. The number of piperidine rings is 1. The molecule has 0 spiro atoms. The summed E-state index contributed by atoms with van der Waals surface area (Å²) in [4.78, 5) is 24.7. The van der Waals surface area contributed by atoms with Gasteiger partial charge in [0, 0.05) is 25.1 Å². The normalized spacial score (nSPS) is 18.6. The second-order valence-corrected chi connectivity index (χ2v) is 8.98. The molecule has 1 aliphatic rings. The Bertz CT molecular complexity index is 742. The quantitative estimate of drug-likeness (QED) is 0.402. The van der Waals surface area contributed by atoms with E-state index in [0.29, 0.717) is 37.5 Å². The number of carboxylic acid groups (broad SMARTS) is 1. The molecule has 1 aromatic carbocycles. The fraction of sp³-hybridized carbons (Fsp3) is 0.500. The summed E-state index contributed by atoms with van der Waals surface area (Å²) in [5.41, 5.74) is 2.38. The Morgan fingerprint density at radius 1 is 1.27 bits per heavy atom.